The van der Waals surface area contributed by atoms with Crippen molar-refractivity contribution in [2.45, 2.75) is 13.0 Å². The molecule has 0 bridgehead atoms. The maximum absolute atomic E-state index is 12.2. The van der Waals surface area contributed by atoms with Crippen LogP contribution < -0.4 is 11.1 Å². The lowest BCUT2D eigenvalue weighted by Crippen LogP contribution is -2.26. The molecule has 104 valence electrons. The van der Waals surface area contributed by atoms with E-state index >= 15 is 0 Å². The second kappa shape index (κ2) is 6.29. The molecule has 20 heavy (non-hydrogen) atoms. The molecule has 1 atom stereocenters. The number of benzene rings is 2. The molecular formula is C15H14BrClN2O. The molecule has 3 nitrogen and oxygen atoms in total. The molecule has 5 heteroatoms. The van der Waals surface area contributed by atoms with E-state index in [0.29, 0.717) is 16.3 Å². The van der Waals surface area contributed by atoms with Crippen molar-refractivity contribution in [3.63, 3.8) is 0 Å². The SMILES string of the molecule is C[C@@H](NC(=O)c1cc(N)cc(Cl)c1)c1ccccc1Br. The minimum Gasteiger partial charge on any atom is -0.399 e. The van der Waals surface area contributed by atoms with Gasteiger partial charge in [0, 0.05) is 20.7 Å². The van der Waals surface area contributed by atoms with Gasteiger partial charge < -0.3 is 11.1 Å². The van der Waals surface area contributed by atoms with E-state index in [4.69, 9.17) is 17.3 Å². The summed E-state index contributed by atoms with van der Waals surface area (Å²) < 4.78 is 0.957. The molecule has 0 unspecified atom stereocenters. The Morgan fingerprint density at radius 3 is 2.65 bits per heavy atom. The highest BCUT2D eigenvalue weighted by atomic mass is 79.9. The third-order valence-electron chi connectivity index (χ3n) is 2.90. The number of carbonyl (C=O) groups is 1. The Labute approximate surface area is 131 Å². The Balaban J connectivity index is 2.17. The molecule has 1 amide bonds. The molecule has 0 aliphatic rings. The van der Waals surface area contributed by atoms with Crippen LogP contribution in [0.3, 0.4) is 0 Å². The van der Waals surface area contributed by atoms with Crippen LogP contribution in [0, 0.1) is 0 Å². The normalized spacial score (nSPS) is 11.9. The zero-order valence-corrected chi connectivity index (χ0v) is 13.2. The molecule has 0 aliphatic heterocycles. The molecule has 2 aromatic carbocycles. The van der Waals surface area contributed by atoms with E-state index < -0.39 is 0 Å². The predicted molar refractivity (Wildman–Crippen MR) is 85.9 cm³/mol. The molecule has 0 saturated heterocycles. The average Bonchev–Trinajstić information content (AvgIpc) is 2.37. The van der Waals surface area contributed by atoms with Gasteiger partial charge in [-0.05, 0) is 36.8 Å². The highest BCUT2D eigenvalue weighted by Gasteiger charge is 2.14. The average molecular weight is 354 g/mol. The molecule has 0 aliphatic carbocycles. The lowest BCUT2D eigenvalue weighted by atomic mass is 10.1. The minimum atomic E-state index is -0.206. The number of nitrogen functional groups attached to an aromatic ring is 1. The highest BCUT2D eigenvalue weighted by Crippen LogP contribution is 2.23. The van der Waals surface area contributed by atoms with Gasteiger partial charge in [-0.15, -0.1) is 0 Å². The van der Waals surface area contributed by atoms with E-state index in [1.54, 1.807) is 18.2 Å². The summed E-state index contributed by atoms with van der Waals surface area (Å²) in [7, 11) is 0. The zero-order chi connectivity index (χ0) is 14.7. The lowest BCUT2D eigenvalue weighted by molar-refractivity contribution is 0.0940. The van der Waals surface area contributed by atoms with Crippen molar-refractivity contribution in [2.24, 2.45) is 0 Å². The summed E-state index contributed by atoms with van der Waals surface area (Å²) in [6.07, 6.45) is 0. The van der Waals surface area contributed by atoms with Gasteiger partial charge in [-0.25, -0.2) is 0 Å². The summed E-state index contributed by atoms with van der Waals surface area (Å²) in [5, 5.41) is 3.37. The number of carbonyl (C=O) groups excluding carboxylic acids is 1. The van der Waals surface area contributed by atoms with Gasteiger partial charge in [0.25, 0.3) is 5.91 Å². The van der Waals surface area contributed by atoms with E-state index in [-0.39, 0.29) is 11.9 Å². The van der Waals surface area contributed by atoms with Crippen LogP contribution in [0.4, 0.5) is 5.69 Å². The smallest absolute Gasteiger partial charge is 0.251 e. The van der Waals surface area contributed by atoms with Crippen LogP contribution in [0.25, 0.3) is 0 Å². The Kier molecular flexibility index (Phi) is 4.68. The van der Waals surface area contributed by atoms with Crippen molar-refractivity contribution in [3.05, 3.63) is 63.1 Å². The van der Waals surface area contributed by atoms with Gasteiger partial charge in [0.2, 0.25) is 0 Å². The first-order valence-corrected chi connectivity index (χ1v) is 7.26. The third kappa shape index (κ3) is 3.52. The van der Waals surface area contributed by atoms with Crippen LogP contribution in [0.5, 0.6) is 0 Å². The molecule has 3 N–H and O–H groups in total. The summed E-state index contributed by atoms with van der Waals surface area (Å²) in [5.41, 5.74) is 7.62. The molecule has 0 aromatic heterocycles. The van der Waals surface area contributed by atoms with Crippen LogP contribution in [-0.4, -0.2) is 5.91 Å². The Morgan fingerprint density at radius 1 is 1.30 bits per heavy atom. The number of hydrogen-bond donors (Lipinski definition) is 2. The molecule has 2 rings (SSSR count). The molecule has 0 fully saturated rings. The predicted octanol–water partition coefficient (Wildman–Crippen LogP) is 4.18. The van der Waals surface area contributed by atoms with Crippen molar-refractivity contribution in [1.82, 2.24) is 5.32 Å². The number of nitrogens with two attached hydrogens (primary N) is 1. The monoisotopic (exact) mass is 352 g/mol. The van der Waals surface area contributed by atoms with E-state index in [2.05, 4.69) is 21.2 Å². The molecule has 0 saturated carbocycles. The zero-order valence-electron chi connectivity index (χ0n) is 10.9. The van der Waals surface area contributed by atoms with Crippen molar-refractivity contribution in [3.8, 4) is 0 Å². The highest BCUT2D eigenvalue weighted by molar-refractivity contribution is 9.10. The fourth-order valence-corrected chi connectivity index (χ4v) is 2.80. The second-order valence-electron chi connectivity index (χ2n) is 4.49. The summed E-state index contributed by atoms with van der Waals surface area (Å²) in [6.45, 7) is 1.92. The number of anilines is 1. The van der Waals surface area contributed by atoms with Crippen molar-refractivity contribution >= 4 is 39.1 Å². The number of rotatable bonds is 3. The minimum absolute atomic E-state index is 0.127. The van der Waals surface area contributed by atoms with Gasteiger partial charge >= 0.3 is 0 Å². The van der Waals surface area contributed by atoms with Crippen LogP contribution in [-0.2, 0) is 0 Å². The lowest BCUT2D eigenvalue weighted by Gasteiger charge is -2.16. The fourth-order valence-electron chi connectivity index (χ4n) is 1.93. The van der Waals surface area contributed by atoms with Crippen LogP contribution >= 0.6 is 27.5 Å². The second-order valence-corrected chi connectivity index (χ2v) is 5.78. The summed E-state index contributed by atoms with van der Waals surface area (Å²) in [4.78, 5) is 12.2. The molecule has 0 spiro atoms. The maximum Gasteiger partial charge on any atom is 0.251 e. The van der Waals surface area contributed by atoms with Gasteiger partial charge in [0.15, 0.2) is 0 Å². The van der Waals surface area contributed by atoms with Gasteiger partial charge in [0.1, 0.15) is 0 Å². The van der Waals surface area contributed by atoms with Gasteiger partial charge in [-0.2, -0.15) is 0 Å². The largest absolute Gasteiger partial charge is 0.399 e. The Bertz CT molecular complexity index is 625. The number of hydrogen-bond acceptors (Lipinski definition) is 2. The topological polar surface area (TPSA) is 55.1 Å². The van der Waals surface area contributed by atoms with Gasteiger partial charge in [-0.1, -0.05) is 45.7 Å². The Hall–Kier alpha value is -1.52. The van der Waals surface area contributed by atoms with Crippen molar-refractivity contribution < 1.29 is 4.79 Å². The molecule has 2 aromatic rings. The van der Waals surface area contributed by atoms with E-state index in [1.165, 1.54) is 0 Å². The fraction of sp³-hybridized carbons (Fsp3) is 0.133. The van der Waals surface area contributed by atoms with Gasteiger partial charge in [0.05, 0.1) is 6.04 Å². The van der Waals surface area contributed by atoms with Crippen molar-refractivity contribution in [1.29, 1.82) is 0 Å². The third-order valence-corrected chi connectivity index (χ3v) is 3.84. The summed E-state index contributed by atoms with van der Waals surface area (Å²) in [6, 6.07) is 12.4. The first kappa shape index (κ1) is 14.9. The molecule has 0 heterocycles. The van der Waals surface area contributed by atoms with E-state index in [0.717, 1.165) is 10.0 Å². The standard InChI is InChI=1S/C15H14BrClN2O/c1-9(13-4-2-3-5-14(13)16)19-15(20)10-6-11(17)8-12(18)7-10/h2-9H,18H2,1H3,(H,19,20)/t9-/m1/s1. The van der Waals surface area contributed by atoms with Gasteiger partial charge in [-0.3, -0.25) is 4.79 Å². The number of halogens is 2. The van der Waals surface area contributed by atoms with E-state index in [9.17, 15) is 4.79 Å². The maximum atomic E-state index is 12.2. The number of amides is 1. The first-order chi connectivity index (χ1) is 9.47. The van der Waals surface area contributed by atoms with Crippen LogP contribution in [0.1, 0.15) is 28.9 Å². The summed E-state index contributed by atoms with van der Waals surface area (Å²) in [5.74, 6) is -0.206. The van der Waals surface area contributed by atoms with Crippen molar-refractivity contribution in [2.75, 3.05) is 5.73 Å². The molecule has 0 radical (unpaired) electrons. The first-order valence-electron chi connectivity index (χ1n) is 6.08. The Morgan fingerprint density at radius 2 is 2.00 bits per heavy atom. The summed E-state index contributed by atoms with van der Waals surface area (Å²) >= 11 is 9.38. The molecular weight excluding hydrogens is 340 g/mol. The quantitative estimate of drug-likeness (QED) is 0.813. The number of nitrogens with one attached hydrogen (secondary N) is 1. The van der Waals surface area contributed by atoms with Crippen LogP contribution in [0.2, 0.25) is 5.02 Å². The van der Waals surface area contributed by atoms with E-state index in [1.807, 2.05) is 31.2 Å². The van der Waals surface area contributed by atoms with Crippen LogP contribution in [0.15, 0.2) is 46.9 Å².